The van der Waals surface area contributed by atoms with E-state index < -0.39 is 10.0 Å². The maximum Gasteiger partial charge on any atom is 0.242 e. The van der Waals surface area contributed by atoms with E-state index in [1.807, 2.05) is 0 Å². The lowest BCUT2D eigenvalue weighted by atomic mass is 10.1. The second-order valence-electron chi connectivity index (χ2n) is 4.79. The fourth-order valence-electron chi connectivity index (χ4n) is 1.70. The molecule has 0 bridgehead atoms. The van der Waals surface area contributed by atoms with Crippen LogP contribution in [0.25, 0.3) is 0 Å². The van der Waals surface area contributed by atoms with E-state index in [4.69, 9.17) is 0 Å². The van der Waals surface area contributed by atoms with Crippen molar-refractivity contribution in [2.24, 2.45) is 0 Å². The lowest BCUT2D eigenvalue weighted by molar-refractivity contribution is 0.101. The molecule has 118 valence electrons. The number of hydrogen-bond acceptors (Lipinski definition) is 7. The predicted molar refractivity (Wildman–Crippen MR) is 79.2 cm³/mol. The van der Waals surface area contributed by atoms with Crippen LogP contribution in [0.4, 0.5) is 5.82 Å². The van der Waals surface area contributed by atoms with Crippen LogP contribution < -0.4 is 5.32 Å². The molecule has 1 aromatic heterocycles. The van der Waals surface area contributed by atoms with Gasteiger partial charge in [-0.3, -0.25) is 4.79 Å². The van der Waals surface area contributed by atoms with Crippen LogP contribution in [0.15, 0.2) is 33.8 Å². The van der Waals surface area contributed by atoms with Crippen molar-refractivity contribution in [2.75, 3.05) is 26.0 Å². The molecular formula is C13H16N4O4S. The Hall–Kier alpha value is -2.26. The normalized spacial score (nSPS) is 11.6. The van der Waals surface area contributed by atoms with Gasteiger partial charge >= 0.3 is 0 Å². The van der Waals surface area contributed by atoms with Crippen molar-refractivity contribution in [3.05, 3.63) is 35.5 Å². The van der Waals surface area contributed by atoms with Crippen LogP contribution in [0.3, 0.4) is 0 Å². The highest BCUT2D eigenvalue weighted by Gasteiger charge is 2.18. The average molecular weight is 324 g/mol. The van der Waals surface area contributed by atoms with Crippen LogP contribution in [0, 0.1) is 6.92 Å². The Kier molecular flexibility index (Phi) is 4.57. The molecule has 1 N–H and O–H groups in total. The number of anilines is 1. The Morgan fingerprint density at radius 3 is 2.64 bits per heavy atom. The van der Waals surface area contributed by atoms with E-state index >= 15 is 0 Å². The number of carbonyl (C=O) groups excluding carboxylic acids is 1. The monoisotopic (exact) mass is 324 g/mol. The van der Waals surface area contributed by atoms with E-state index in [0.29, 0.717) is 17.1 Å². The molecule has 0 aliphatic carbocycles. The molecule has 22 heavy (non-hydrogen) atoms. The standard InChI is InChI=1S/C13H16N4O4S/c1-9-13(16-21-15-9)14-8-12(18)10-5-4-6-11(7-10)22(19,20)17(2)3/h4-7H,8H2,1-3H3,(H,14,16). The Morgan fingerprint density at radius 1 is 1.32 bits per heavy atom. The summed E-state index contributed by atoms with van der Waals surface area (Å²) in [6.45, 7) is 1.65. The van der Waals surface area contributed by atoms with E-state index in [2.05, 4.69) is 20.3 Å². The molecule has 0 atom stereocenters. The van der Waals surface area contributed by atoms with Gasteiger partial charge in [0.1, 0.15) is 5.69 Å². The molecule has 8 nitrogen and oxygen atoms in total. The summed E-state index contributed by atoms with van der Waals surface area (Å²) in [6, 6.07) is 5.90. The van der Waals surface area contributed by atoms with E-state index in [-0.39, 0.29) is 17.2 Å². The van der Waals surface area contributed by atoms with Gasteiger partial charge in [-0.05, 0) is 24.2 Å². The Bertz CT molecular complexity index is 783. The van der Waals surface area contributed by atoms with Gasteiger partial charge in [-0.1, -0.05) is 17.3 Å². The first kappa shape index (κ1) is 16.1. The van der Waals surface area contributed by atoms with Gasteiger partial charge in [-0.25, -0.2) is 17.4 Å². The number of sulfonamides is 1. The number of nitrogens with one attached hydrogen (secondary N) is 1. The molecule has 0 amide bonds. The highest BCUT2D eigenvalue weighted by atomic mass is 32.2. The van der Waals surface area contributed by atoms with Gasteiger partial charge in [0, 0.05) is 19.7 Å². The molecule has 1 heterocycles. The molecule has 0 saturated heterocycles. The van der Waals surface area contributed by atoms with E-state index in [0.717, 1.165) is 4.31 Å². The van der Waals surface area contributed by atoms with Crippen molar-refractivity contribution in [2.45, 2.75) is 11.8 Å². The third-order valence-electron chi connectivity index (χ3n) is 3.00. The number of aryl methyl sites for hydroxylation is 1. The van der Waals surface area contributed by atoms with Crippen LogP contribution in [0.5, 0.6) is 0 Å². The number of benzene rings is 1. The molecule has 0 radical (unpaired) electrons. The molecular weight excluding hydrogens is 308 g/mol. The van der Waals surface area contributed by atoms with E-state index in [1.165, 1.54) is 32.3 Å². The zero-order chi connectivity index (χ0) is 16.3. The minimum Gasteiger partial charge on any atom is -0.358 e. The van der Waals surface area contributed by atoms with Gasteiger partial charge in [0.2, 0.25) is 10.0 Å². The fraction of sp³-hybridized carbons (Fsp3) is 0.308. The zero-order valence-corrected chi connectivity index (χ0v) is 13.2. The van der Waals surface area contributed by atoms with Crippen LogP contribution in [-0.2, 0) is 10.0 Å². The van der Waals surface area contributed by atoms with Crippen molar-refractivity contribution in [3.8, 4) is 0 Å². The lowest BCUT2D eigenvalue weighted by Gasteiger charge is -2.12. The first-order chi connectivity index (χ1) is 10.3. The number of hydrogen-bond donors (Lipinski definition) is 1. The second-order valence-corrected chi connectivity index (χ2v) is 6.94. The molecule has 2 rings (SSSR count). The molecule has 0 saturated carbocycles. The zero-order valence-electron chi connectivity index (χ0n) is 12.4. The Balaban J connectivity index is 2.16. The number of nitrogens with zero attached hydrogens (tertiary/aromatic N) is 3. The van der Waals surface area contributed by atoms with Crippen molar-refractivity contribution >= 4 is 21.6 Å². The summed E-state index contributed by atoms with van der Waals surface area (Å²) >= 11 is 0. The summed E-state index contributed by atoms with van der Waals surface area (Å²) in [4.78, 5) is 12.2. The third kappa shape index (κ3) is 3.31. The van der Waals surface area contributed by atoms with Crippen molar-refractivity contribution in [3.63, 3.8) is 0 Å². The van der Waals surface area contributed by atoms with Crippen LogP contribution >= 0.6 is 0 Å². The summed E-state index contributed by atoms with van der Waals surface area (Å²) in [5, 5.41) is 9.99. The maximum atomic E-state index is 12.2. The average Bonchev–Trinajstić information content (AvgIpc) is 2.90. The van der Waals surface area contributed by atoms with Gasteiger partial charge in [0.15, 0.2) is 11.6 Å². The van der Waals surface area contributed by atoms with Crippen molar-refractivity contribution < 1.29 is 17.8 Å². The van der Waals surface area contributed by atoms with Crippen LogP contribution in [0.2, 0.25) is 0 Å². The van der Waals surface area contributed by atoms with Gasteiger partial charge in [0.05, 0.1) is 11.4 Å². The number of aromatic nitrogens is 2. The van der Waals surface area contributed by atoms with Gasteiger partial charge < -0.3 is 5.32 Å². The van der Waals surface area contributed by atoms with E-state index in [1.54, 1.807) is 13.0 Å². The Labute approximate surface area is 128 Å². The first-order valence-corrected chi connectivity index (χ1v) is 7.85. The fourth-order valence-corrected chi connectivity index (χ4v) is 2.65. The van der Waals surface area contributed by atoms with Gasteiger partial charge in [-0.2, -0.15) is 0 Å². The van der Waals surface area contributed by atoms with Crippen molar-refractivity contribution in [1.29, 1.82) is 0 Å². The van der Waals surface area contributed by atoms with E-state index in [9.17, 15) is 13.2 Å². The van der Waals surface area contributed by atoms with Crippen LogP contribution in [-0.4, -0.2) is 49.5 Å². The minimum absolute atomic E-state index is 0.0412. The van der Waals surface area contributed by atoms with Gasteiger partial charge in [-0.15, -0.1) is 0 Å². The molecule has 0 spiro atoms. The summed E-state index contributed by atoms with van der Waals surface area (Å²) in [7, 11) is -0.702. The summed E-state index contributed by atoms with van der Waals surface area (Å²) in [6.07, 6.45) is 0. The number of ketones is 1. The summed E-state index contributed by atoms with van der Waals surface area (Å²) in [5.74, 6) is 0.114. The molecule has 0 aliphatic heterocycles. The van der Waals surface area contributed by atoms with Crippen LogP contribution in [0.1, 0.15) is 16.1 Å². The number of rotatable bonds is 6. The molecule has 0 aliphatic rings. The predicted octanol–water partition coefficient (Wildman–Crippen LogP) is 0.923. The second kappa shape index (κ2) is 6.24. The van der Waals surface area contributed by atoms with Gasteiger partial charge in [0.25, 0.3) is 0 Å². The van der Waals surface area contributed by atoms with Crippen molar-refractivity contribution in [1.82, 2.24) is 14.6 Å². The maximum absolute atomic E-state index is 12.2. The SMILES string of the molecule is Cc1nonc1NCC(=O)c1cccc(S(=O)(=O)N(C)C)c1. The number of Topliss-reactive ketones (excluding diaryl/α,β-unsaturated/α-hetero) is 1. The molecule has 0 fully saturated rings. The topological polar surface area (TPSA) is 105 Å². The lowest BCUT2D eigenvalue weighted by Crippen LogP contribution is -2.22. The highest BCUT2D eigenvalue weighted by molar-refractivity contribution is 7.89. The quantitative estimate of drug-likeness (QED) is 0.788. The first-order valence-electron chi connectivity index (χ1n) is 6.41. The summed E-state index contributed by atoms with van der Waals surface area (Å²) in [5.41, 5.74) is 0.835. The molecule has 0 unspecified atom stereocenters. The minimum atomic E-state index is -3.57. The smallest absolute Gasteiger partial charge is 0.242 e. The third-order valence-corrected chi connectivity index (χ3v) is 4.81. The number of carbonyl (C=O) groups is 1. The molecule has 1 aromatic carbocycles. The highest BCUT2D eigenvalue weighted by Crippen LogP contribution is 2.15. The molecule has 9 heteroatoms. The summed E-state index contributed by atoms with van der Waals surface area (Å²) < 4.78 is 29.7. The molecule has 2 aromatic rings. The Morgan fingerprint density at radius 2 is 2.05 bits per heavy atom. The largest absolute Gasteiger partial charge is 0.358 e.